The molecular weight excluding hydrogens is 384 g/mol. The van der Waals surface area contributed by atoms with Gasteiger partial charge in [-0.3, -0.25) is 18.7 Å². The van der Waals surface area contributed by atoms with E-state index < -0.39 is 0 Å². The first kappa shape index (κ1) is 22.1. The fourth-order valence-electron chi connectivity index (χ4n) is 4.03. The van der Waals surface area contributed by atoms with Crippen LogP contribution in [0.2, 0.25) is 0 Å². The molecule has 0 atom stereocenters. The number of fused-ring (bicyclic) bond motifs is 4. The number of nitrogens with zero attached hydrogens (tertiary/aromatic N) is 4. The van der Waals surface area contributed by atoms with E-state index in [-0.39, 0.29) is 22.5 Å². The molecule has 0 N–H and O–H groups in total. The van der Waals surface area contributed by atoms with E-state index in [4.69, 9.17) is 0 Å². The van der Waals surface area contributed by atoms with Gasteiger partial charge >= 0.3 is 11.4 Å². The maximum atomic E-state index is 12.6. The van der Waals surface area contributed by atoms with Crippen LogP contribution in [0, 0.1) is 0 Å². The van der Waals surface area contributed by atoms with E-state index in [0.29, 0.717) is 26.2 Å². The smallest absolute Gasteiger partial charge is 0.300 e. The molecule has 8 heteroatoms. The molecule has 0 aliphatic carbocycles. The molecule has 2 aromatic heterocycles. The summed E-state index contributed by atoms with van der Waals surface area (Å²) in [5.74, 6) is 0. The van der Waals surface area contributed by atoms with E-state index >= 15 is 0 Å². The zero-order chi connectivity index (χ0) is 21.3. The topological polar surface area (TPSA) is 88.0 Å². The van der Waals surface area contributed by atoms with E-state index in [0.717, 1.165) is 64.2 Å². The molecule has 0 saturated carbocycles. The highest BCUT2D eigenvalue weighted by Gasteiger charge is 2.07. The third-order valence-electron chi connectivity index (χ3n) is 5.84. The van der Waals surface area contributed by atoms with Crippen LogP contribution in [-0.2, 0) is 26.2 Å². The lowest BCUT2D eigenvalue weighted by molar-refractivity contribution is 0.465. The van der Waals surface area contributed by atoms with Gasteiger partial charge in [0.15, 0.2) is 0 Å². The number of rotatable bonds is 0. The minimum absolute atomic E-state index is 0.214. The Morgan fingerprint density at radius 2 is 0.800 bits per heavy atom. The summed E-state index contributed by atoms with van der Waals surface area (Å²) < 4.78 is 5.96. The summed E-state index contributed by atoms with van der Waals surface area (Å²) >= 11 is 0. The average molecular weight is 417 g/mol. The predicted molar refractivity (Wildman–Crippen MR) is 116 cm³/mol. The molecule has 164 valence electrons. The fraction of sp³-hybridized carbons (Fsp3) is 0.636. The summed E-state index contributed by atoms with van der Waals surface area (Å²) in [5, 5.41) is 0. The van der Waals surface area contributed by atoms with Crippen molar-refractivity contribution < 1.29 is 0 Å². The zero-order valence-electron chi connectivity index (χ0n) is 17.6. The van der Waals surface area contributed by atoms with Crippen LogP contribution in [0.3, 0.4) is 0 Å². The van der Waals surface area contributed by atoms with Crippen molar-refractivity contribution in [1.29, 1.82) is 0 Å². The quantitative estimate of drug-likeness (QED) is 0.657. The van der Waals surface area contributed by atoms with Crippen molar-refractivity contribution in [3.8, 4) is 0 Å². The first-order chi connectivity index (χ1) is 14.6. The second-order valence-corrected chi connectivity index (χ2v) is 8.10. The lowest BCUT2D eigenvalue weighted by atomic mass is 10.1. The van der Waals surface area contributed by atoms with Crippen LogP contribution in [0.15, 0.2) is 43.7 Å². The maximum absolute atomic E-state index is 12.6. The highest BCUT2D eigenvalue weighted by Crippen LogP contribution is 2.06. The number of hydrogen-bond donors (Lipinski definition) is 0. The minimum atomic E-state index is -0.229. The summed E-state index contributed by atoms with van der Waals surface area (Å²) in [7, 11) is 0. The van der Waals surface area contributed by atoms with Crippen LogP contribution >= 0.6 is 0 Å². The summed E-state index contributed by atoms with van der Waals surface area (Å²) in [5.41, 5.74) is -0.885. The monoisotopic (exact) mass is 416 g/mol. The number of aryl methyl sites for hydroxylation is 2. The molecule has 0 aromatic carbocycles. The van der Waals surface area contributed by atoms with Gasteiger partial charge in [0.05, 0.1) is 0 Å². The molecule has 3 heterocycles. The van der Waals surface area contributed by atoms with E-state index in [1.807, 2.05) is 0 Å². The fourth-order valence-corrected chi connectivity index (χ4v) is 4.03. The van der Waals surface area contributed by atoms with Gasteiger partial charge in [-0.1, -0.05) is 38.5 Å². The molecule has 0 radical (unpaired) electrons. The Hall–Kier alpha value is -2.64. The SMILES string of the molecule is O=c1ccn2c(=O)n1CCCCCCCn1ccc(=O)n(c1=O)CCCCCCC2. The van der Waals surface area contributed by atoms with Crippen molar-refractivity contribution in [1.82, 2.24) is 18.3 Å². The molecule has 1 aliphatic rings. The predicted octanol–water partition coefficient (Wildman–Crippen LogP) is 1.95. The molecule has 1 aliphatic heterocycles. The highest BCUT2D eigenvalue weighted by atomic mass is 16.2. The Kier molecular flexibility index (Phi) is 8.04. The molecule has 0 fully saturated rings. The van der Waals surface area contributed by atoms with E-state index in [9.17, 15) is 19.2 Å². The molecule has 3 rings (SSSR count). The third kappa shape index (κ3) is 5.70. The zero-order valence-corrected chi connectivity index (χ0v) is 17.6. The summed E-state index contributed by atoms with van der Waals surface area (Å²) in [6.45, 7) is 2.09. The Balaban J connectivity index is 1.69. The third-order valence-corrected chi connectivity index (χ3v) is 5.84. The van der Waals surface area contributed by atoms with Crippen LogP contribution in [-0.4, -0.2) is 18.3 Å². The van der Waals surface area contributed by atoms with Gasteiger partial charge in [0.1, 0.15) is 0 Å². The molecule has 0 unspecified atom stereocenters. The standard InChI is InChI=1S/C22H32N4O4/c27-19-12-18-24-14-8-4-2-6-10-16-26-20(28)11-17-23(21(26)29)13-7-3-1-5-9-15-25(19)22(24)30/h11-12,17-18H,1-10,13-16H2. The first-order valence-electron chi connectivity index (χ1n) is 11.2. The molecule has 0 spiro atoms. The lowest BCUT2D eigenvalue weighted by Crippen LogP contribution is -2.39. The van der Waals surface area contributed by atoms with Gasteiger partial charge in [0.2, 0.25) is 0 Å². The van der Waals surface area contributed by atoms with E-state index in [1.54, 1.807) is 21.5 Å². The molecule has 0 saturated heterocycles. The van der Waals surface area contributed by atoms with Gasteiger partial charge in [0.25, 0.3) is 11.1 Å². The minimum Gasteiger partial charge on any atom is -0.300 e. The van der Waals surface area contributed by atoms with E-state index in [2.05, 4.69) is 0 Å². The molecule has 0 amide bonds. The molecule has 4 bridgehead atoms. The van der Waals surface area contributed by atoms with Crippen molar-refractivity contribution in [3.05, 3.63) is 66.2 Å². The number of hydrogen-bond acceptors (Lipinski definition) is 4. The van der Waals surface area contributed by atoms with Gasteiger partial charge < -0.3 is 9.13 Å². The van der Waals surface area contributed by atoms with Crippen molar-refractivity contribution in [2.24, 2.45) is 0 Å². The molecule has 2 aromatic rings. The highest BCUT2D eigenvalue weighted by molar-refractivity contribution is 4.87. The van der Waals surface area contributed by atoms with Gasteiger partial charge in [0, 0.05) is 50.7 Å². The molecular formula is C22H32N4O4. The van der Waals surface area contributed by atoms with Crippen LogP contribution in [0.4, 0.5) is 0 Å². The summed E-state index contributed by atoms with van der Waals surface area (Å²) in [6.07, 6.45) is 12.2. The van der Waals surface area contributed by atoms with Crippen molar-refractivity contribution in [2.75, 3.05) is 0 Å². The van der Waals surface area contributed by atoms with Crippen molar-refractivity contribution in [2.45, 2.75) is 90.4 Å². The van der Waals surface area contributed by atoms with Crippen LogP contribution in [0.5, 0.6) is 0 Å². The van der Waals surface area contributed by atoms with Crippen LogP contribution < -0.4 is 22.5 Å². The normalized spacial score (nSPS) is 17.3. The largest absolute Gasteiger partial charge is 0.330 e. The number of aromatic nitrogens is 4. The van der Waals surface area contributed by atoms with E-state index in [1.165, 1.54) is 21.3 Å². The maximum Gasteiger partial charge on any atom is 0.330 e. The summed E-state index contributed by atoms with van der Waals surface area (Å²) in [6, 6.07) is 2.97. The average Bonchev–Trinajstić information content (AvgIpc) is 2.73. The Bertz CT molecular complexity index is 975. The van der Waals surface area contributed by atoms with Gasteiger partial charge in [-0.05, 0) is 25.7 Å². The van der Waals surface area contributed by atoms with Crippen molar-refractivity contribution in [3.63, 3.8) is 0 Å². The van der Waals surface area contributed by atoms with Gasteiger partial charge in [-0.2, -0.15) is 0 Å². The van der Waals surface area contributed by atoms with Gasteiger partial charge in [-0.15, -0.1) is 0 Å². The Morgan fingerprint density at radius 1 is 0.467 bits per heavy atom. The summed E-state index contributed by atoms with van der Waals surface area (Å²) in [4.78, 5) is 49.3. The van der Waals surface area contributed by atoms with Crippen LogP contribution in [0.1, 0.15) is 64.2 Å². The Morgan fingerprint density at radius 3 is 1.20 bits per heavy atom. The molecule has 8 nitrogen and oxygen atoms in total. The van der Waals surface area contributed by atoms with Crippen molar-refractivity contribution >= 4 is 0 Å². The molecule has 30 heavy (non-hydrogen) atoms. The van der Waals surface area contributed by atoms with Gasteiger partial charge in [-0.25, -0.2) is 9.59 Å². The first-order valence-corrected chi connectivity index (χ1v) is 11.2. The lowest BCUT2D eigenvalue weighted by Gasteiger charge is -2.11. The Labute approximate surface area is 175 Å². The second-order valence-electron chi connectivity index (χ2n) is 8.10. The second kappa shape index (κ2) is 10.9. The van der Waals surface area contributed by atoms with Crippen LogP contribution in [0.25, 0.3) is 0 Å².